The molecule has 2 N–H and O–H groups in total. The molecule has 0 aliphatic heterocycles. The molecule has 1 aromatic heterocycles. The smallest absolute Gasteiger partial charge is 0.294 e. The van der Waals surface area contributed by atoms with Crippen molar-refractivity contribution >= 4 is 37.7 Å². The Balaban J connectivity index is 1.77. The number of carbonyl (C=O) groups is 1. The molecule has 0 amide bonds. The Bertz CT molecular complexity index is 1500. The van der Waals surface area contributed by atoms with Gasteiger partial charge in [-0.05, 0) is 53.9 Å². The minimum absolute atomic E-state index is 0.105. The van der Waals surface area contributed by atoms with E-state index in [1.807, 2.05) is 6.07 Å². The van der Waals surface area contributed by atoms with E-state index in [4.69, 9.17) is 0 Å². The van der Waals surface area contributed by atoms with Crippen LogP contribution < -0.4 is 5.43 Å². The van der Waals surface area contributed by atoms with E-state index >= 15 is 0 Å². The van der Waals surface area contributed by atoms with Crippen molar-refractivity contribution in [3.8, 4) is 0 Å². The van der Waals surface area contributed by atoms with Gasteiger partial charge >= 0.3 is 0 Å². The van der Waals surface area contributed by atoms with Crippen molar-refractivity contribution in [3.05, 3.63) is 87.1 Å². The maximum Gasteiger partial charge on any atom is 0.294 e. The predicted molar refractivity (Wildman–Crippen MR) is 105 cm³/mol. The fourth-order valence-corrected chi connectivity index (χ4v) is 4.31. The average molecular weight is 391 g/mol. The van der Waals surface area contributed by atoms with Gasteiger partial charge in [0.15, 0.2) is 11.2 Å². The number of fused-ring (bicyclic) bond motifs is 4. The van der Waals surface area contributed by atoms with Crippen molar-refractivity contribution in [2.24, 2.45) is 0 Å². The summed E-state index contributed by atoms with van der Waals surface area (Å²) in [6, 6.07) is 14.5. The number of pyridine rings is 1. The molecule has 3 aromatic carbocycles. The Hall–Kier alpha value is -3.29. The van der Waals surface area contributed by atoms with Crippen LogP contribution in [0.25, 0.3) is 21.8 Å². The Morgan fingerprint density at radius 3 is 2.36 bits per heavy atom. The highest BCUT2D eigenvalue weighted by Gasteiger charge is 2.26. The van der Waals surface area contributed by atoms with Gasteiger partial charge in [0.25, 0.3) is 10.1 Å². The molecular formula is C21H13NO5S. The van der Waals surface area contributed by atoms with Crippen LogP contribution in [-0.4, -0.2) is 23.7 Å². The number of ketones is 1. The number of nitrogens with one attached hydrogen (secondary N) is 1. The fraction of sp³-hybridized carbons (Fsp3) is 0.0476. The topological polar surface area (TPSA) is 104 Å². The lowest BCUT2D eigenvalue weighted by Gasteiger charge is -2.19. The van der Waals surface area contributed by atoms with Gasteiger partial charge in [0.2, 0.25) is 0 Å². The molecule has 6 nitrogen and oxygen atoms in total. The Kier molecular flexibility index (Phi) is 3.37. The van der Waals surface area contributed by atoms with Gasteiger partial charge < -0.3 is 4.98 Å². The van der Waals surface area contributed by atoms with Crippen molar-refractivity contribution < 1.29 is 17.8 Å². The summed E-state index contributed by atoms with van der Waals surface area (Å²) in [5, 5.41) is 1.08. The van der Waals surface area contributed by atoms with E-state index in [1.165, 1.54) is 18.2 Å². The second-order valence-corrected chi connectivity index (χ2v) is 8.28. The van der Waals surface area contributed by atoms with Crippen molar-refractivity contribution in [1.29, 1.82) is 0 Å². The van der Waals surface area contributed by atoms with E-state index in [0.717, 1.165) is 0 Å². The standard InChI is InChI=1S/C21H13NO5S/c23-20-14-3-1-2-4-18(14)22-19-10-16-12(8-17(19)20)7-11-5-6-13(28(25,26)27)9-15(11)21(16)24/h1-6,8-10H,7H2,(H,22,23)(H,25,26,27). The number of H-pyrrole nitrogens is 1. The fourth-order valence-electron chi connectivity index (χ4n) is 3.81. The second kappa shape index (κ2) is 5.60. The highest BCUT2D eigenvalue weighted by Crippen LogP contribution is 2.31. The van der Waals surface area contributed by atoms with Crippen molar-refractivity contribution in [2.75, 3.05) is 0 Å². The first-order chi connectivity index (χ1) is 13.3. The second-order valence-electron chi connectivity index (χ2n) is 6.85. The number of aromatic nitrogens is 1. The molecule has 0 saturated heterocycles. The molecule has 5 rings (SSSR count). The van der Waals surface area contributed by atoms with Crippen molar-refractivity contribution in [1.82, 2.24) is 4.98 Å². The zero-order valence-electron chi connectivity index (χ0n) is 14.4. The lowest BCUT2D eigenvalue weighted by molar-refractivity contribution is 0.103. The minimum atomic E-state index is -4.40. The number of hydrogen-bond acceptors (Lipinski definition) is 4. The van der Waals surface area contributed by atoms with Crippen LogP contribution in [0.5, 0.6) is 0 Å². The first-order valence-electron chi connectivity index (χ1n) is 8.56. The largest absolute Gasteiger partial charge is 0.354 e. The summed E-state index contributed by atoms with van der Waals surface area (Å²) < 4.78 is 32.1. The van der Waals surface area contributed by atoms with Crippen LogP contribution in [0.3, 0.4) is 0 Å². The third-order valence-electron chi connectivity index (χ3n) is 5.18. The Morgan fingerprint density at radius 2 is 1.57 bits per heavy atom. The van der Waals surface area contributed by atoms with Gasteiger partial charge in [-0.1, -0.05) is 18.2 Å². The maximum absolute atomic E-state index is 13.0. The summed E-state index contributed by atoms with van der Waals surface area (Å²) in [4.78, 5) is 28.7. The zero-order valence-corrected chi connectivity index (χ0v) is 15.2. The molecule has 0 unspecified atom stereocenters. The van der Waals surface area contributed by atoms with E-state index in [9.17, 15) is 22.6 Å². The van der Waals surface area contributed by atoms with E-state index in [1.54, 1.807) is 30.3 Å². The van der Waals surface area contributed by atoms with Gasteiger partial charge in [0.1, 0.15) is 0 Å². The predicted octanol–water partition coefficient (Wildman–Crippen LogP) is 3.06. The first kappa shape index (κ1) is 16.9. The van der Waals surface area contributed by atoms with Crippen LogP contribution in [0.1, 0.15) is 27.0 Å². The number of benzene rings is 3. The van der Waals surface area contributed by atoms with Crippen LogP contribution in [0.15, 0.2) is 64.3 Å². The zero-order chi connectivity index (χ0) is 19.6. The molecule has 0 saturated carbocycles. The summed E-state index contributed by atoms with van der Waals surface area (Å²) in [7, 11) is -4.40. The van der Waals surface area contributed by atoms with Gasteiger partial charge in [0.05, 0.1) is 10.4 Å². The van der Waals surface area contributed by atoms with Crippen molar-refractivity contribution in [3.63, 3.8) is 0 Å². The average Bonchev–Trinajstić information content (AvgIpc) is 2.67. The SMILES string of the molecule is O=C1c2cc(S(=O)(=O)O)ccc2Cc2cc3c(=O)c4ccccc4[nH]c3cc21. The third kappa shape index (κ3) is 2.41. The molecule has 1 aliphatic rings. The number of rotatable bonds is 1. The molecular weight excluding hydrogens is 378 g/mol. The summed E-state index contributed by atoms with van der Waals surface area (Å²) in [5.41, 5.74) is 3.14. The van der Waals surface area contributed by atoms with Crippen LogP contribution in [0, 0.1) is 0 Å². The highest BCUT2D eigenvalue weighted by atomic mass is 32.2. The molecule has 1 heterocycles. The first-order valence-corrected chi connectivity index (χ1v) is 10.00. The maximum atomic E-state index is 13.0. The molecule has 0 radical (unpaired) electrons. The normalized spacial score (nSPS) is 13.5. The van der Waals surface area contributed by atoms with E-state index < -0.39 is 10.1 Å². The Labute approximate surface area is 159 Å². The summed E-state index contributed by atoms with van der Waals surface area (Å²) in [6.45, 7) is 0. The van der Waals surface area contributed by atoms with Crippen LogP contribution in [0.2, 0.25) is 0 Å². The van der Waals surface area contributed by atoms with Crippen LogP contribution >= 0.6 is 0 Å². The van der Waals surface area contributed by atoms with Crippen molar-refractivity contribution in [2.45, 2.75) is 11.3 Å². The molecule has 0 spiro atoms. The van der Waals surface area contributed by atoms with Crippen LogP contribution in [-0.2, 0) is 16.5 Å². The molecule has 7 heteroatoms. The molecule has 1 aliphatic carbocycles. The van der Waals surface area contributed by atoms with Gasteiger partial charge in [-0.15, -0.1) is 0 Å². The number of carbonyl (C=O) groups excluding carboxylic acids is 1. The number of aromatic amines is 1. The number of para-hydroxylation sites is 1. The lowest BCUT2D eigenvalue weighted by atomic mass is 9.84. The molecule has 0 bridgehead atoms. The highest BCUT2D eigenvalue weighted by molar-refractivity contribution is 7.85. The molecule has 138 valence electrons. The molecule has 28 heavy (non-hydrogen) atoms. The third-order valence-corrected chi connectivity index (χ3v) is 6.03. The Morgan fingerprint density at radius 1 is 0.821 bits per heavy atom. The lowest BCUT2D eigenvalue weighted by Crippen LogP contribution is -2.17. The van der Waals surface area contributed by atoms with E-state index in [0.29, 0.717) is 44.9 Å². The van der Waals surface area contributed by atoms with E-state index in [-0.39, 0.29) is 21.7 Å². The summed E-state index contributed by atoms with van der Waals surface area (Å²) in [5.74, 6) is -0.336. The minimum Gasteiger partial charge on any atom is -0.354 e. The van der Waals surface area contributed by atoms with Gasteiger partial charge in [-0.25, -0.2) is 0 Å². The number of hydrogen-bond donors (Lipinski definition) is 2. The van der Waals surface area contributed by atoms with Crippen LogP contribution in [0.4, 0.5) is 0 Å². The summed E-state index contributed by atoms with van der Waals surface area (Å²) in [6.07, 6.45) is 0.393. The molecule has 4 aromatic rings. The van der Waals surface area contributed by atoms with Gasteiger partial charge in [0, 0.05) is 27.4 Å². The van der Waals surface area contributed by atoms with E-state index in [2.05, 4.69) is 4.98 Å². The van der Waals surface area contributed by atoms with Gasteiger partial charge in [-0.2, -0.15) is 8.42 Å². The summed E-state index contributed by atoms with van der Waals surface area (Å²) >= 11 is 0. The molecule has 0 fully saturated rings. The molecule has 0 atom stereocenters. The monoisotopic (exact) mass is 391 g/mol. The van der Waals surface area contributed by atoms with Gasteiger partial charge in [-0.3, -0.25) is 14.1 Å². The quantitative estimate of drug-likeness (QED) is 0.338.